The number of nitrogens with zero attached hydrogens (tertiary/aromatic N) is 2. The first-order valence-electron chi connectivity index (χ1n) is 6.61. The molecule has 1 aromatic heterocycles. The average molecular weight is 309 g/mol. The quantitative estimate of drug-likeness (QED) is 0.814. The molecule has 0 fully saturated rings. The number of unbranched alkanes of at least 4 members (excludes halogenated alkanes) is 1. The van der Waals surface area contributed by atoms with Gasteiger partial charge >= 0.3 is 0 Å². The molecule has 0 bridgehead atoms. The van der Waals surface area contributed by atoms with Crippen LogP contribution in [-0.2, 0) is 16.6 Å². The van der Waals surface area contributed by atoms with E-state index in [0.29, 0.717) is 16.6 Å². The summed E-state index contributed by atoms with van der Waals surface area (Å²) in [5.74, 6) is 1.93. The summed E-state index contributed by atoms with van der Waals surface area (Å²) in [6.45, 7) is 2.10. The van der Waals surface area contributed by atoms with Crippen molar-refractivity contribution in [2.45, 2.75) is 25.5 Å². The molecule has 0 aliphatic rings. The van der Waals surface area contributed by atoms with Crippen LogP contribution in [0.2, 0.25) is 5.02 Å². The fourth-order valence-corrected chi connectivity index (χ4v) is 3.14. The van der Waals surface area contributed by atoms with E-state index in [1.165, 1.54) is 0 Å². The molecular weight excluding hydrogens is 292 g/mol. The highest BCUT2D eigenvalue weighted by Crippen LogP contribution is 2.17. The molecule has 2 rings (SSSR count). The van der Waals surface area contributed by atoms with Crippen molar-refractivity contribution in [3.8, 4) is 11.4 Å². The monoisotopic (exact) mass is 308 g/mol. The Balaban J connectivity index is 2.02. The maximum atomic E-state index is 11.8. The highest BCUT2D eigenvalue weighted by molar-refractivity contribution is 7.84. The lowest BCUT2D eigenvalue weighted by atomic mass is 10.2. The molecular formula is C15H17ClN2OS. The van der Waals surface area contributed by atoms with Gasteiger partial charge in [-0.05, 0) is 30.7 Å². The highest BCUT2D eigenvalue weighted by Gasteiger charge is 2.05. The summed E-state index contributed by atoms with van der Waals surface area (Å²) in [6.07, 6.45) is 5.57. The Hall–Kier alpha value is -1.26. The zero-order chi connectivity index (χ0) is 14.4. The minimum atomic E-state index is -0.823. The van der Waals surface area contributed by atoms with E-state index in [2.05, 4.69) is 16.9 Å². The number of aromatic nitrogens is 2. The lowest BCUT2D eigenvalue weighted by Gasteiger charge is -2.03. The molecule has 5 heteroatoms. The van der Waals surface area contributed by atoms with Gasteiger partial charge in [-0.2, -0.15) is 0 Å². The summed E-state index contributed by atoms with van der Waals surface area (Å²) in [7, 11) is -0.823. The second-order valence-corrected chi connectivity index (χ2v) is 6.58. The van der Waals surface area contributed by atoms with Crippen LogP contribution in [0.3, 0.4) is 0 Å². The maximum absolute atomic E-state index is 11.8. The maximum Gasteiger partial charge on any atom is 0.159 e. The van der Waals surface area contributed by atoms with Crippen molar-refractivity contribution in [1.29, 1.82) is 0 Å². The van der Waals surface area contributed by atoms with Crippen LogP contribution in [0.1, 0.15) is 25.3 Å². The van der Waals surface area contributed by atoms with Gasteiger partial charge in [-0.3, -0.25) is 4.21 Å². The molecule has 1 atom stereocenters. The first kappa shape index (κ1) is 15.1. The molecule has 0 saturated heterocycles. The number of hydrogen-bond acceptors (Lipinski definition) is 3. The van der Waals surface area contributed by atoms with E-state index >= 15 is 0 Å². The van der Waals surface area contributed by atoms with Crippen molar-refractivity contribution >= 4 is 22.4 Å². The van der Waals surface area contributed by atoms with Crippen molar-refractivity contribution < 1.29 is 4.21 Å². The van der Waals surface area contributed by atoms with Crippen LogP contribution in [0.5, 0.6) is 0 Å². The van der Waals surface area contributed by atoms with Gasteiger partial charge in [0.25, 0.3) is 0 Å². The van der Waals surface area contributed by atoms with Crippen LogP contribution in [-0.4, -0.2) is 19.9 Å². The second-order valence-electron chi connectivity index (χ2n) is 4.56. The zero-order valence-electron chi connectivity index (χ0n) is 11.4. The molecule has 0 amide bonds. The lowest BCUT2D eigenvalue weighted by Crippen LogP contribution is -2.02. The summed E-state index contributed by atoms with van der Waals surface area (Å²) in [6, 6.07) is 7.40. The number of halogens is 1. The minimum absolute atomic E-state index is 0.529. The fourth-order valence-electron chi connectivity index (χ4n) is 1.74. The second kappa shape index (κ2) is 7.50. The van der Waals surface area contributed by atoms with E-state index in [0.717, 1.165) is 29.7 Å². The van der Waals surface area contributed by atoms with Gasteiger partial charge in [0, 0.05) is 45.1 Å². The summed E-state index contributed by atoms with van der Waals surface area (Å²) in [4.78, 5) is 8.65. The van der Waals surface area contributed by atoms with Crippen molar-refractivity contribution in [2.24, 2.45) is 0 Å². The summed E-state index contributed by atoms with van der Waals surface area (Å²) in [5, 5.41) is 0.691. The highest BCUT2D eigenvalue weighted by atomic mass is 35.5. The molecule has 0 aliphatic carbocycles. The van der Waals surface area contributed by atoms with Gasteiger partial charge in [-0.1, -0.05) is 24.9 Å². The molecule has 0 aliphatic heterocycles. The van der Waals surface area contributed by atoms with Gasteiger partial charge in [-0.25, -0.2) is 9.97 Å². The molecule has 0 spiro atoms. The van der Waals surface area contributed by atoms with Crippen LogP contribution in [0.4, 0.5) is 0 Å². The van der Waals surface area contributed by atoms with Crippen LogP contribution in [0.15, 0.2) is 36.7 Å². The zero-order valence-corrected chi connectivity index (χ0v) is 13.0. The van der Waals surface area contributed by atoms with Crippen LogP contribution >= 0.6 is 11.6 Å². The minimum Gasteiger partial charge on any atom is -0.259 e. The van der Waals surface area contributed by atoms with Gasteiger partial charge in [-0.15, -0.1) is 0 Å². The van der Waals surface area contributed by atoms with Gasteiger partial charge in [0.1, 0.15) is 0 Å². The predicted molar refractivity (Wildman–Crippen MR) is 84.1 cm³/mol. The van der Waals surface area contributed by atoms with E-state index in [4.69, 9.17) is 11.6 Å². The standard InChI is InChI=1S/C15H17ClN2OS/c1-2-3-8-20(19)11-12-9-17-15(18-10-12)13-4-6-14(16)7-5-13/h4-7,9-10H,2-3,8,11H2,1H3/t20-/m0/s1. The molecule has 0 N–H and O–H groups in total. The molecule has 3 nitrogen and oxygen atoms in total. The lowest BCUT2D eigenvalue weighted by molar-refractivity contribution is 0.679. The fraction of sp³-hybridized carbons (Fsp3) is 0.333. The van der Waals surface area contributed by atoms with Crippen molar-refractivity contribution in [3.05, 3.63) is 47.2 Å². The number of hydrogen-bond donors (Lipinski definition) is 0. The molecule has 0 radical (unpaired) electrons. The summed E-state index contributed by atoms with van der Waals surface area (Å²) >= 11 is 5.85. The Bertz CT molecular complexity index is 569. The summed E-state index contributed by atoms with van der Waals surface area (Å²) < 4.78 is 11.8. The normalized spacial score (nSPS) is 12.3. The van der Waals surface area contributed by atoms with Gasteiger partial charge in [0.15, 0.2) is 5.82 Å². The molecule has 1 heterocycles. The van der Waals surface area contributed by atoms with Crippen molar-refractivity contribution in [2.75, 3.05) is 5.75 Å². The Morgan fingerprint density at radius 2 is 1.80 bits per heavy atom. The van der Waals surface area contributed by atoms with Gasteiger partial charge < -0.3 is 0 Å². The smallest absolute Gasteiger partial charge is 0.159 e. The SMILES string of the molecule is CCCC[S@](=O)Cc1cnc(-c2ccc(Cl)cc2)nc1. The first-order valence-corrected chi connectivity index (χ1v) is 8.47. The topological polar surface area (TPSA) is 42.9 Å². The molecule has 20 heavy (non-hydrogen) atoms. The van der Waals surface area contributed by atoms with E-state index in [1.807, 2.05) is 24.3 Å². The third-order valence-electron chi connectivity index (χ3n) is 2.86. The Morgan fingerprint density at radius 3 is 2.40 bits per heavy atom. The first-order chi connectivity index (χ1) is 9.69. The molecule has 106 valence electrons. The van der Waals surface area contributed by atoms with Gasteiger partial charge in [0.05, 0.1) is 5.75 Å². The van der Waals surface area contributed by atoms with Gasteiger partial charge in [0.2, 0.25) is 0 Å². The average Bonchev–Trinajstić information content (AvgIpc) is 2.47. The van der Waals surface area contributed by atoms with E-state index in [-0.39, 0.29) is 0 Å². The third-order valence-corrected chi connectivity index (χ3v) is 4.51. The number of rotatable bonds is 6. The van der Waals surface area contributed by atoms with E-state index < -0.39 is 10.8 Å². The molecule has 0 saturated carbocycles. The van der Waals surface area contributed by atoms with E-state index in [9.17, 15) is 4.21 Å². The Labute approximate surface area is 126 Å². The Morgan fingerprint density at radius 1 is 1.15 bits per heavy atom. The third kappa shape index (κ3) is 4.39. The van der Waals surface area contributed by atoms with Crippen LogP contribution in [0, 0.1) is 0 Å². The molecule has 1 aromatic carbocycles. The predicted octanol–water partition coefficient (Wildman–Crippen LogP) is 3.85. The summed E-state index contributed by atoms with van der Waals surface area (Å²) in [5.41, 5.74) is 1.84. The largest absolute Gasteiger partial charge is 0.259 e. The Kier molecular flexibility index (Phi) is 5.68. The molecule has 2 aromatic rings. The van der Waals surface area contributed by atoms with Crippen LogP contribution in [0.25, 0.3) is 11.4 Å². The number of benzene rings is 1. The molecule has 0 unspecified atom stereocenters. The van der Waals surface area contributed by atoms with Crippen LogP contribution < -0.4 is 0 Å². The van der Waals surface area contributed by atoms with Crippen molar-refractivity contribution in [3.63, 3.8) is 0 Å². The van der Waals surface area contributed by atoms with E-state index in [1.54, 1.807) is 12.4 Å². The van der Waals surface area contributed by atoms with Crippen molar-refractivity contribution in [1.82, 2.24) is 9.97 Å².